The van der Waals surface area contributed by atoms with Gasteiger partial charge in [-0.2, -0.15) is 0 Å². The summed E-state index contributed by atoms with van der Waals surface area (Å²) >= 11 is 0. The van der Waals surface area contributed by atoms with Gasteiger partial charge in [-0.1, -0.05) is 30.3 Å². The Balaban J connectivity index is 2.48. The monoisotopic (exact) mass is 167 g/mol. The van der Waals surface area contributed by atoms with Gasteiger partial charge in [0.1, 0.15) is 0 Å². The maximum atomic E-state index is 9.74. The molecule has 0 aliphatic carbocycles. The first-order valence-electron chi connectivity index (χ1n) is 3.64. The van der Waals surface area contributed by atoms with Crippen LogP contribution in [0.2, 0.25) is 0 Å². The molecule has 66 valence electrons. The van der Waals surface area contributed by atoms with Crippen LogP contribution in [0.3, 0.4) is 0 Å². The molecule has 4 nitrogen and oxygen atoms in total. The second-order valence-electron chi connectivity index (χ2n) is 2.41. The van der Waals surface area contributed by atoms with Crippen LogP contribution < -0.4 is 11.4 Å². The Kier molecular flexibility index (Phi) is 3.69. The number of nitrogens with one attached hydrogen (secondary N) is 1. The first kappa shape index (κ1) is 9.15. The van der Waals surface area contributed by atoms with Crippen LogP contribution >= 0.6 is 0 Å². The lowest BCUT2D eigenvalue weighted by Crippen LogP contribution is -2.20. The van der Waals surface area contributed by atoms with Gasteiger partial charge < -0.3 is 15.8 Å². The zero-order valence-electron chi connectivity index (χ0n) is 6.57. The van der Waals surface area contributed by atoms with Crippen molar-refractivity contribution < 1.29 is 4.84 Å². The molecule has 4 heteroatoms. The average molecular weight is 167 g/mol. The highest BCUT2D eigenvalue weighted by Gasteiger charge is 2.03. The molecule has 0 amide bonds. The SMILES string of the molecule is N[C@@H](CON[O-])c1ccccc1. The molecular formula is C8H11N2O2-. The summed E-state index contributed by atoms with van der Waals surface area (Å²) in [5.74, 6) is 0. The molecule has 1 atom stereocenters. The van der Waals surface area contributed by atoms with E-state index in [0.717, 1.165) is 5.56 Å². The summed E-state index contributed by atoms with van der Waals surface area (Å²) in [6, 6.07) is 9.20. The molecule has 1 aromatic rings. The van der Waals surface area contributed by atoms with Crippen LogP contribution in [0.1, 0.15) is 11.6 Å². The van der Waals surface area contributed by atoms with Crippen molar-refractivity contribution >= 4 is 0 Å². The second kappa shape index (κ2) is 4.84. The van der Waals surface area contributed by atoms with Gasteiger partial charge in [0.2, 0.25) is 0 Å². The normalized spacial score (nSPS) is 12.8. The molecule has 0 aliphatic rings. The van der Waals surface area contributed by atoms with Crippen LogP contribution in [0.5, 0.6) is 0 Å². The third-order valence-electron chi connectivity index (χ3n) is 1.55. The molecule has 0 unspecified atom stereocenters. The summed E-state index contributed by atoms with van der Waals surface area (Å²) in [4.78, 5) is 4.42. The van der Waals surface area contributed by atoms with Gasteiger partial charge in [0, 0.05) is 0 Å². The summed E-state index contributed by atoms with van der Waals surface area (Å²) < 4.78 is 0. The van der Waals surface area contributed by atoms with Crippen molar-refractivity contribution in [1.82, 2.24) is 5.64 Å². The number of nitrogens with two attached hydrogens (primary N) is 1. The molecule has 12 heavy (non-hydrogen) atoms. The highest BCUT2D eigenvalue weighted by molar-refractivity contribution is 5.18. The molecule has 1 rings (SSSR count). The fourth-order valence-electron chi connectivity index (χ4n) is 0.920. The van der Waals surface area contributed by atoms with E-state index in [9.17, 15) is 5.21 Å². The lowest BCUT2D eigenvalue weighted by Gasteiger charge is -2.14. The molecule has 0 saturated carbocycles. The van der Waals surface area contributed by atoms with Gasteiger partial charge in [-0.25, -0.2) is 0 Å². The van der Waals surface area contributed by atoms with Crippen LogP contribution in [-0.4, -0.2) is 6.61 Å². The second-order valence-corrected chi connectivity index (χ2v) is 2.41. The summed E-state index contributed by atoms with van der Waals surface area (Å²) in [7, 11) is 0. The number of hydrogen-bond donors (Lipinski definition) is 2. The topological polar surface area (TPSA) is 70.3 Å². The van der Waals surface area contributed by atoms with Gasteiger partial charge in [-0.15, -0.1) is 0 Å². The smallest absolute Gasteiger partial charge is 0.0863 e. The minimum absolute atomic E-state index is 0.174. The molecule has 0 radical (unpaired) electrons. The Morgan fingerprint density at radius 3 is 2.67 bits per heavy atom. The van der Waals surface area contributed by atoms with E-state index >= 15 is 0 Å². The Hall–Kier alpha value is -0.940. The van der Waals surface area contributed by atoms with Gasteiger partial charge in [0.05, 0.1) is 12.6 Å². The highest BCUT2D eigenvalue weighted by Crippen LogP contribution is 2.08. The zero-order chi connectivity index (χ0) is 8.81. The lowest BCUT2D eigenvalue weighted by molar-refractivity contribution is 0.0608. The highest BCUT2D eigenvalue weighted by atomic mass is 16.8. The average Bonchev–Trinajstić information content (AvgIpc) is 2.15. The van der Waals surface area contributed by atoms with E-state index in [-0.39, 0.29) is 12.6 Å². The van der Waals surface area contributed by atoms with E-state index in [0.29, 0.717) is 0 Å². The van der Waals surface area contributed by atoms with Crippen molar-refractivity contribution in [2.45, 2.75) is 6.04 Å². The molecule has 3 N–H and O–H groups in total. The maximum Gasteiger partial charge on any atom is 0.0863 e. The minimum atomic E-state index is -0.257. The first-order valence-corrected chi connectivity index (χ1v) is 3.64. The Morgan fingerprint density at radius 2 is 2.08 bits per heavy atom. The van der Waals surface area contributed by atoms with Gasteiger partial charge in [-0.3, -0.25) is 5.64 Å². The molecule has 0 bridgehead atoms. The Bertz CT molecular complexity index is 216. The zero-order valence-corrected chi connectivity index (χ0v) is 6.57. The fourth-order valence-corrected chi connectivity index (χ4v) is 0.920. The van der Waals surface area contributed by atoms with E-state index in [1.807, 2.05) is 30.3 Å². The van der Waals surface area contributed by atoms with E-state index in [1.54, 1.807) is 0 Å². The number of benzene rings is 1. The quantitative estimate of drug-likeness (QED) is 0.648. The van der Waals surface area contributed by atoms with Crippen LogP contribution in [-0.2, 0) is 4.84 Å². The predicted molar refractivity (Wildman–Crippen MR) is 45.8 cm³/mol. The molecule has 0 spiro atoms. The molecule has 0 aromatic heterocycles. The van der Waals surface area contributed by atoms with Crippen LogP contribution in [0.15, 0.2) is 30.3 Å². The predicted octanol–water partition coefficient (Wildman–Crippen LogP) is 0.705. The summed E-state index contributed by atoms with van der Waals surface area (Å²) in [6.45, 7) is 0.174. The van der Waals surface area contributed by atoms with Crippen molar-refractivity contribution in [3.63, 3.8) is 0 Å². The molecular weight excluding hydrogens is 156 g/mol. The van der Waals surface area contributed by atoms with Gasteiger partial charge in [0.15, 0.2) is 0 Å². The van der Waals surface area contributed by atoms with Crippen LogP contribution in [0.4, 0.5) is 0 Å². The first-order chi connectivity index (χ1) is 5.84. The number of rotatable bonds is 4. The molecule has 0 saturated heterocycles. The van der Waals surface area contributed by atoms with Crippen LogP contribution in [0.25, 0.3) is 0 Å². The van der Waals surface area contributed by atoms with Crippen molar-refractivity contribution in [1.29, 1.82) is 0 Å². The molecule has 0 heterocycles. The summed E-state index contributed by atoms with van der Waals surface area (Å²) in [5, 5.41) is 9.74. The van der Waals surface area contributed by atoms with Crippen molar-refractivity contribution in [3.8, 4) is 0 Å². The summed E-state index contributed by atoms with van der Waals surface area (Å²) in [5.41, 5.74) is 7.97. The van der Waals surface area contributed by atoms with Gasteiger partial charge in [0.25, 0.3) is 0 Å². The largest absolute Gasteiger partial charge is 0.765 e. The van der Waals surface area contributed by atoms with E-state index < -0.39 is 0 Å². The van der Waals surface area contributed by atoms with Gasteiger partial charge >= 0.3 is 0 Å². The molecule has 1 aromatic carbocycles. The van der Waals surface area contributed by atoms with E-state index in [1.165, 1.54) is 5.64 Å². The van der Waals surface area contributed by atoms with Gasteiger partial charge in [-0.05, 0) is 5.56 Å². The Labute approximate surface area is 70.9 Å². The van der Waals surface area contributed by atoms with E-state index in [2.05, 4.69) is 4.84 Å². The lowest BCUT2D eigenvalue weighted by atomic mass is 10.1. The van der Waals surface area contributed by atoms with E-state index in [4.69, 9.17) is 5.73 Å². The minimum Gasteiger partial charge on any atom is -0.765 e. The maximum absolute atomic E-state index is 9.74. The van der Waals surface area contributed by atoms with Crippen LogP contribution in [0, 0.1) is 5.21 Å². The summed E-state index contributed by atoms with van der Waals surface area (Å²) in [6.07, 6.45) is 0. The Morgan fingerprint density at radius 1 is 1.42 bits per heavy atom. The van der Waals surface area contributed by atoms with Crippen molar-refractivity contribution in [2.24, 2.45) is 5.73 Å². The third-order valence-corrected chi connectivity index (χ3v) is 1.55. The molecule has 0 fully saturated rings. The molecule has 0 aliphatic heterocycles. The third kappa shape index (κ3) is 2.60. The van der Waals surface area contributed by atoms with Crippen molar-refractivity contribution in [3.05, 3.63) is 41.1 Å². The fraction of sp³-hybridized carbons (Fsp3) is 0.250. The number of hydrogen-bond acceptors (Lipinski definition) is 4. The van der Waals surface area contributed by atoms with Crippen molar-refractivity contribution in [2.75, 3.05) is 6.61 Å². The standard InChI is InChI=1S/C8H11N2O2/c9-8(6-12-10-11)7-4-2-1-3-5-7/h1-5,8,10H,6,9H2/q-1/t8-/m0/s1.